The number of carbonyl (C=O) groups is 1. The Hall–Kier alpha value is -2.95. The Balaban J connectivity index is 2.03. The van der Waals surface area contributed by atoms with Crippen LogP contribution in [0.4, 0.5) is 17.1 Å². The molecule has 0 atom stereocenters. The number of benzene rings is 2. The number of ether oxygens (including phenoxy) is 1. The lowest BCUT2D eigenvalue weighted by molar-refractivity contribution is -0.128. The van der Waals surface area contributed by atoms with Gasteiger partial charge in [-0.25, -0.2) is 4.79 Å². The smallest absolute Gasteiger partial charge is 0.335 e. The Kier molecular flexibility index (Phi) is 5.03. The van der Waals surface area contributed by atoms with E-state index in [4.69, 9.17) is 4.74 Å². The van der Waals surface area contributed by atoms with Gasteiger partial charge in [0.25, 0.3) is 0 Å². The quantitative estimate of drug-likeness (QED) is 0.358. The summed E-state index contributed by atoms with van der Waals surface area (Å²) in [6, 6.07) is 14.5. The summed E-state index contributed by atoms with van der Waals surface area (Å²) in [6.45, 7) is 3.34. The number of carbonyl (C=O) groups excluding carboxylic acids is 1. The first-order valence-electron chi connectivity index (χ1n) is 6.72. The Bertz CT molecular complexity index is 674. The zero-order valence-corrected chi connectivity index (χ0v) is 12.6. The molecule has 0 aliphatic heterocycles. The molecule has 0 aliphatic carbocycles. The van der Waals surface area contributed by atoms with Crippen LogP contribution in [0, 0.1) is 0 Å². The van der Waals surface area contributed by atoms with E-state index in [0.717, 1.165) is 17.5 Å². The van der Waals surface area contributed by atoms with E-state index in [9.17, 15) is 4.79 Å². The van der Waals surface area contributed by atoms with E-state index in [1.165, 1.54) is 0 Å². The van der Waals surface area contributed by atoms with E-state index in [0.29, 0.717) is 11.4 Å². The molecule has 0 heterocycles. The minimum absolute atomic E-state index is 0.444. The molecule has 112 valence electrons. The molecular weight excluding hydrogens is 278 g/mol. The second-order valence-corrected chi connectivity index (χ2v) is 4.73. The van der Waals surface area contributed by atoms with Crippen molar-refractivity contribution in [2.24, 2.45) is 10.2 Å². The molecule has 0 spiro atoms. The Labute approximate surface area is 129 Å². The lowest BCUT2D eigenvalue weighted by atomic mass is 10.3. The van der Waals surface area contributed by atoms with Gasteiger partial charge in [-0.15, -0.1) is 0 Å². The van der Waals surface area contributed by atoms with Gasteiger partial charge in [0.15, 0.2) is 0 Å². The SMILES string of the molecule is C=CC(=O)Oc1ccc(/N=N/c2ccc(N(C)C)cc2)cc1. The predicted molar refractivity (Wildman–Crippen MR) is 87.2 cm³/mol. The van der Waals surface area contributed by atoms with Crippen LogP contribution in [0.2, 0.25) is 0 Å². The van der Waals surface area contributed by atoms with E-state index in [-0.39, 0.29) is 0 Å². The summed E-state index contributed by atoms with van der Waals surface area (Å²) >= 11 is 0. The molecule has 0 saturated heterocycles. The summed E-state index contributed by atoms with van der Waals surface area (Å²) in [6.07, 6.45) is 1.12. The summed E-state index contributed by atoms with van der Waals surface area (Å²) in [5, 5.41) is 8.31. The van der Waals surface area contributed by atoms with Gasteiger partial charge in [0.05, 0.1) is 11.4 Å². The van der Waals surface area contributed by atoms with E-state index >= 15 is 0 Å². The molecule has 2 rings (SSSR count). The van der Waals surface area contributed by atoms with Gasteiger partial charge in [-0.1, -0.05) is 6.58 Å². The normalized spacial score (nSPS) is 10.5. The molecule has 0 aliphatic rings. The van der Waals surface area contributed by atoms with Crippen LogP contribution in [0.5, 0.6) is 5.75 Å². The van der Waals surface area contributed by atoms with E-state index in [1.807, 2.05) is 43.3 Å². The Morgan fingerprint density at radius 1 is 1.00 bits per heavy atom. The van der Waals surface area contributed by atoms with Crippen molar-refractivity contribution in [1.82, 2.24) is 0 Å². The summed E-state index contributed by atoms with van der Waals surface area (Å²) in [7, 11) is 3.97. The fourth-order valence-corrected chi connectivity index (χ4v) is 1.67. The first-order chi connectivity index (χ1) is 10.6. The van der Waals surface area contributed by atoms with E-state index in [2.05, 4.69) is 16.8 Å². The van der Waals surface area contributed by atoms with Gasteiger partial charge in [0.1, 0.15) is 5.75 Å². The number of esters is 1. The lowest BCUT2D eigenvalue weighted by Crippen LogP contribution is -2.07. The highest BCUT2D eigenvalue weighted by Crippen LogP contribution is 2.23. The number of hydrogen-bond donors (Lipinski definition) is 0. The molecule has 0 radical (unpaired) electrons. The number of hydrogen-bond acceptors (Lipinski definition) is 5. The highest BCUT2D eigenvalue weighted by molar-refractivity contribution is 5.83. The first kappa shape index (κ1) is 15.4. The van der Waals surface area contributed by atoms with Crippen molar-refractivity contribution in [2.45, 2.75) is 0 Å². The number of rotatable bonds is 5. The molecule has 22 heavy (non-hydrogen) atoms. The zero-order chi connectivity index (χ0) is 15.9. The zero-order valence-electron chi connectivity index (χ0n) is 12.6. The monoisotopic (exact) mass is 295 g/mol. The first-order valence-corrected chi connectivity index (χ1v) is 6.72. The van der Waals surface area contributed by atoms with Crippen molar-refractivity contribution in [1.29, 1.82) is 0 Å². The van der Waals surface area contributed by atoms with Crippen LogP contribution in [-0.2, 0) is 4.79 Å². The molecule has 0 saturated carbocycles. The maximum atomic E-state index is 11.1. The summed E-state index contributed by atoms with van der Waals surface area (Å²) < 4.78 is 4.98. The highest BCUT2D eigenvalue weighted by atomic mass is 16.5. The van der Waals surface area contributed by atoms with Crippen LogP contribution >= 0.6 is 0 Å². The fourth-order valence-electron chi connectivity index (χ4n) is 1.67. The van der Waals surface area contributed by atoms with Crippen LogP contribution < -0.4 is 9.64 Å². The second-order valence-electron chi connectivity index (χ2n) is 4.73. The third-order valence-corrected chi connectivity index (χ3v) is 2.87. The highest BCUT2D eigenvalue weighted by Gasteiger charge is 1.99. The van der Waals surface area contributed by atoms with Crippen molar-refractivity contribution >= 4 is 23.0 Å². The van der Waals surface area contributed by atoms with Gasteiger partial charge in [0, 0.05) is 25.9 Å². The van der Waals surface area contributed by atoms with Crippen molar-refractivity contribution < 1.29 is 9.53 Å². The molecule has 2 aromatic carbocycles. The van der Waals surface area contributed by atoms with Crippen LogP contribution in [0.15, 0.2) is 71.4 Å². The molecule has 0 amide bonds. The standard InChI is InChI=1S/C17H17N3O2/c1-4-17(21)22-16-11-7-14(8-12-16)19-18-13-5-9-15(10-6-13)20(2)3/h4-12H,1H2,2-3H3/b19-18+. The average molecular weight is 295 g/mol. The van der Waals surface area contributed by atoms with Gasteiger partial charge in [-0.3, -0.25) is 0 Å². The van der Waals surface area contributed by atoms with E-state index < -0.39 is 5.97 Å². The summed E-state index contributed by atoms with van der Waals surface area (Å²) in [4.78, 5) is 13.1. The van der Waals surface area contributed by atoms with Crippen molar-refractivity contribution in [3.8, 4) is 5.75 Å². The molecule has 0 fully saturated rings. The maximum Gasteiger partial charge on any atom is 0.335 e. The molecule has 0 aromatic heterocycles. The lowest BCUT2D eigenvalue weighted by Gasteiger charge is -2.11. The molecule has 0 bridgehead atoms. The predicted octanol–water partition coefficient (Wildman–Crippen LogP) is 4.26. The third kappa shape index (κ3) is 4.28. The van der Waals surface area contributed by atoms with Crippen LogP contribution in [0.3, 0.4) is 0 Å². The minimum atomic E-state index is -0.490. The number of azo groups is 1. The molecule has 5 nitrogen and oxygen atoms in total. The van der Waals surface area contributed by atoms with E-state index in [1.54, 1.807) is 24.3 Å². The van der Waals surface area contributed by atoms with Gasteiger partial charge in [-0.05, 0) is 48.5 Å². The van der Waals surface area contributed by atoms with Gasteiger partial charge >= 0.3 is 5.97 Å². The average Bonchev–Trinajstić information content (AvgIpc) is 2.54. The van der Waals surface area contributed by atoms with Crippen LogP contribution in [0.1, 0.15) is 0 Å². The van der Waals surface area contributed by atoms with Gasteiger partial charge in [0.2, 0.25) is 0 Å². The fraction of sp³-hybridized carbons (Fsp3) is 0.118. The molecular formula is C17H17N3O2. The topological polar surface area (TPSA) is 54.3 Å². The Morgan fingerprint density at radius 3 is 1.95 bits per heavy atom. The Morgan fingerprint density at radius 2 is 1.50 bits per heavy atom. The van der Waals surface area contributed by atoms with Gasteiger partial charge in [-0.2, -0.15) is 10.2 Å². The molecule has 0 unspecified atom stereocenters. The van der Waals surface area contributed by atoms with Gasteiger partial charge < -0.3 is 9.64 Å². The minimum Gasteiger partial charge on any atom is -0.423 e. The second kappa shape index (κ2) is 7.17. The largest absolute Gasteiger partial charge is 0.423 e. The van der Waals surface area contributed by atoms with Crippen molar-refractivity contribution in [3.63, 3.8) is 0 Å². The molecule has 0 N–H and O–H groups in total. The van der Waals surface area contributed by atoms with Crippen molar-refractivity contribution in [2.75, 3.05) is 19.0 Å². The number of anilines is 1. The maximum absolute atomic E-state index is 11.1. The van der Waals surface area contributed by atoms with Crippen LogP contribution in [0.25, 0.3) is 0 Å². The summed E-state index contributed by atoms with van der Waals surface area (Å²) in [5.74, 6) is -0.0467. The molecule has 5 heteroatoms. The number of nitrogens with zero attached hydrogens (tertiary/aromatic N) is 3. The third-order valence-electron chi connectivity index (χ3n) is 2.87. The van der Waals surface area contributed by atoms with Crippen LogP contribution in [-0.4, -0.2) is 20.1 Å². The molecule has 2 aromatic rings. The van der Waals surface area contributed by atoms with Crippen molar-refractivity contribution in [3.05, 3.63) is 61.2 Å². The summed E-state index contributed by atoms with van der Waals surface area (Å²) in [5.41, 5.74) is 2.55.